The van der Waals surface area contributed by atoms with Crippen molar-refractivity contribution in [3.05, 3.63) is 47.3 Å². The summed E-state index contributed by atoms with van der Waals surface area (Å²) in [5.74, 6) is -1.25. The minimum atomic E-state index is -1.09. The fourth-order valence-corrected chi connectivity index (χ4v) is 3.04. The highest BCUT2D eigenvalue weighted by Crippen LogP contribution is 2.41. The summed E-state index contributed by atoms with van der Waals surface area (Å²) in [5, 5.41) is 18.3. The van der Waals surface area contributed by atoms with Crippen molar-refractivity contribution in [2.75, 3.05) is 11.9 Å². The highest BCUT2D eigenvalue weighted by Gasteiger charge is 2.32. The Balaban J connectivity index is 1.64. The topological polar surface area (TPSA) is 113 Å². The van der Waals surface area contributed by atoms with E-state index in [1.54, 1.807) is 24.3 Å². The molecule has 0 bridgehead atoms. The lowest BCUT2D eigenvalue weighted by molar-refractivity contribution is -0.137. The Kier molecular flexibility index (Phi) is 5.72. The van der Waals surface area contributed by atoms with E-state index in [1.807, 2.05) is 10.7 Å². The van der Waals surface area contributed by atoms with Gasteiger partial charge >= 0.3 is 5.97 Å². The molecule has 1 aromatic heterocycles. The number of carboxylic acid groups (broad SMARTS) is 1. The summed E-state index contributed by atoms with van der Waals surface area (Å²) >= 11 is 0. The van der Waals surface area contributed by atoms with Gasteiger partial charge in [-0.25, -0.2) is 0 Å². The molecule has 0 radical (unpaired) electrons. The molecule has 1 aliphatic rings. The fraction of sp³-hybridized carbons (Fsp3) is 0.429. The van der Waals surface area contributed by atoms with Crippen molar-refractivity contribution in [3.8, 4) is 0 Å². The van der Waals surface area contributed by atoms with E-state index in [0.29, 0.717) is 17.3 Å². The predicted molar refractivity (Wildman–Crippen MR) is 108 cm³/mol. The van der Waals surface area contributed by atoms with Crippen LogP contribution in [0.3, 0.4) is 0 Å². The fourth-order valence-electron chi connectivity index (χ4n) is 3.04. The number of hydrogen-bond donors (Lipinski definition) is 3. The molecule has 0 spiro atoms. The molecule has 29 heavy (non-hydrogen) atoms. The number of rotatable bonds is 7. The highest BCUT2D eigenvalue weighted by molar-refractivity contribution is 6.03. The number of aliphatic carboxylic acids is 1. The third kappa shape index (κ3) is 5.43. The summed E-state index contributed by atoms with van der Waals surface area (Å²) in [5.41, 5.74) is 2.62. The summed E-state index contributed by atoms with van der Waals surface area (Å²) in [6, 6.07) is 8.73. The molecule has 1 aliphatic carbocycles. The maximum Gasteiger partial charge on any atom is 0.322 e. The van der Waals surface area contributed by atoms with Crippen LogP contribution >= 0.6 is 0 Å². The van der Waals surface area contributed by atoms with E-state index in [0.717, 1.165) is 24.1 Å². The van der Waals surface area contributed by atoms with Crippen LogP contribution in [0.25, 0.3) is 0 Å². The second-order valence-corrected chi connectivity index (χ2v) is 8.31. The number of hydrogen-bond acceptors (Lipinski definition) is 4. The second-order valence-electron chi connectivity index (χ2n) is 8.31. The third-order valence-electron chi connectivity index (χ3n) is 4.61. The smallest absolute Gasteiger partial charge is 0.322 e. The van der Waals surface area contributed by atoms with Gasteiger partial charge in [0.05, 0.1) is 12.0 Å². The second kappa shape index (κ2) is 8.06. The lowest BCUT2D eigenvalue weighted by Gasteiger charge is -2.22. The number of nitrogens with one attached hydrogen (secondary N) is 2. The van der Waals surface area contributed by atoms with Crippen LogP contribution in [0.2, 0.25) is 0 Å². The van der Waals surface area contributed by atoms with Gasteiger partial charge in [0, 0.05) is 17.3 Å². The van der Waals surface area contributed by atoms with Gasteiger partial charge < -0.3 is 15.7 Å². The van der Waals surface area contributed by atoms with Crippen molar-refractivity contribution in [2.24, 2.45) is 0 Å². The van der Waals surface area contributed by atoms with Crippen LogP contribution in [0, 0.1) is 0 Å². The van der Waals surface area contributed by atoms with Crippen molar-refractivity contribution >= 4 is 23.5 Å². The standard InChI is InChI=1S/C21H26N4O4/c1-21(2,3)25-17(14-6-7-14)11-16(24-25)20(29)23-15-8-4-13(5-9-15)10-18(26)22-12-19(27)28/h4-5,8-9,11,14H,6-7,10,12H2,1-3H3,(H,22,26)(H,23,29)(H,27,28). The minimum absolute atomic E-state index is 0.0717. The van der Waals surface area contributed by atoms with Crippen LogP contribution in [0.1, 0.15) is 61.3 Å². The quantitative estimate of drug-likeness (QED) is 0.663. The van der Waals surface area contributed by atoms with E-state index in [9.17, 15) is 14.4 Å². The van der Waals surface area contributed by atoms with E-state index in [4.69, 9.17) is 5.11 Å². The third-order valence-corrected chi connectivity index (χ3v) is 4.61. The highest BCUT2D eigenvalue weighted by atomic mass is 16.4. The molecule has 2 amide bonds. The molecule has 154 valence electrons. The Morgan fingerprint density at radius 2 is 1.83 bits per heavy atom. The lowest BCUT2D eigenvalue weighted by atomic mass is 10.1. The monoisotopic (exact) mass is 398 g/mol. The summed E-state index contributed by atoms with van der Waals surface area (Å²) in [6.07, 6.45) is 2.33. The number of aromatic nitrogens is 2. The molecule has 3 rings (SSSR count). The molecule has 1 saturated carbocycles. The Labute approximate surface area is 169 Å². The predicted octanol–water partition coefficient (Wildman–Crippen LogP) is 2.51. The van der Waals surface area contributed by atoms with Crippen molar-refractivity contribution in [2.45, 2.75) is 51.5 Å². The first-order valence-electron chi connectivity index (χ1n) is 9.62. The average molecular weight is 398 g/mol. The zero-order valence-corrected chi connectivity index (χ0v) is 16.9. The molecule has 8 heteroatoms. The van der Waals surface area contributed by atoms with E-state index in [2.05, 4.69) is 36.5 Å². The first kappa shape index (κ1) is 20.6. The molecular formula is C21H26N4O4. The van der Waals surface area contributed by atoms with Gasteiger partial charge in [-0.3, -0.25) is 19.1 Å². The largest absolute Gasteiger partial charge is 0.480 e. The number of benzene rings is 1. The van der Waals surface area contributed by atoms with Gasteiger partial charge in [0.1, 0.15) is 6.54 Å². The number of carbonyl (C=O) groups is 3. The van der Waals surface area contributed by atoms with Crippen molar-refractivity contribution in [1.29, 1.82) is 0 Å². The van der Waals surface area contributed by atoms with Crippen molar-refractivity contribution < 1.29 is 19.5 Å². The molecule has 8 nitrogen and oxygen atoms in total. The van der Waals surface area contributed by atoms with Gasteiger partial charge in [0.15, 0.2) is 5.69 Å². The van der Waals surface area contributed by atoms with Gasteiger partial charge in [-0.05, 0) is 57.4 Å². The zero-order valence-electron chi connectivity index (χ0n) is 16.9. The summed E-state index contributed by atoms with van der Waals surface area (Å²) < 4.78 is 1.94. The molecular weight excluding hydrogens is 372 g/mol. The Morgan fingerprint density at radius 1 is 1.17 bits per heavy atom. The van der Waals surface area contributed by atoms with Crippen molar-refractivity contribution in [1.82, 2.24) is 15.1 Å². The van der Waals surface area contributed by atoms with Crippen LogP contribution in [-0.2, 0) is 21.5 Å². The Bertz CT molecular complexity index is 921. The van der Waals surface area contributed by atoms with Crippen molar-refractivity contribution in [3.63, 3.8) is 0 Å². The molecule has 1 heterocycles. The van der Waals surface area contributed by atoms with Gasteiger partial charge in [0.25, 0.3) is 5.91 Å². The maximum absolute atomic E-state index is 12.7. The number of carbonyl (C=O) groups excluding carboxylic acids is 2. The average Bonchev–Trinajstić information content (AvgIpc) is 3.38. The molecule has 2 aromatic rings. The summed E-state index contributed by atoms with van der Waals surface area (Å²) in [6.45, 7) is 5.80. The first-order valence-corrected chi connectivity index (χ1v) is 9.62. The number of nitrogens with zero attached hydrogens (tertiary/aromatic N) is 2. The van der Waals surface area contributed by atoms with Gasteiger partial charge in [0.2, 0.25) is 5.91 Å². The van der Waals surface area contributed by atoms with Gasteiger partial charge in [-0.15, -0.1) is 0 Å². The van der Waals surface area contributed by atoms with Gasteiger partial charge in [-0.2, -0.15) is 5.10 Å². The molecule has 0 atom stereocenters. The van der Waals surface area contributed by atoms with E-state index in [-0.39, 0.29) is 23.8 Å². The molecule has 0 aliphatic heterocycles. The molecule has 3 N–H and O–H groups in total. The normalized spacial score (nSPS) is 13.8. The van der Waals surface area contributed by atoms with E-state index < -0.39 is 12.5 Å². The maximum atomic E-state index is 12.7. The molecule has 0 saturated heterocycles. The van der Waals surface area contributed by atoms with E-state index >= 15 is 0 Å². The lowest BCUT2D eigenvalue weighted by Crippen LogP contribution is -2.30. The number of carboxylic acids is 1. The molecule has 1 aromatic carbocycles. The Morgan fingerprint density at radius 3 is 2.38 bits per heavy atom. The SMILES string of the molecule is CC(C)(C)n1nc(C(=O)Nc2ccc(CC(=O)NCC(=O)O)cc2)cc1C1CC1. The molecule has 0 unspecified atom stereocenters. The number of anilines is 1. The zero-order chi connectivity index (χ0) is 21.2. The van der Waals surface area contributed by atoms with Crippen LogP contribution in [0.4, 0.5) is 5.69 Å². The summed E-state index contributed by atoms with van der Waals surface area (Å²) in [7, 11) is 0. The van der Waals surface area contributed by atoms with Crippen LogP contribution in [0.5, 0.6) is 0 Å². The Hall–Kier alpha value is -3.16. The van der Waals surface area contributed by atoms with Crippen LogP contribution in [0.15, 0.2) is 30.3 Å². The van der Waals surface area contributed by atoms with Crippen LogP contribution < -0.4 is 10.6 Å². The first-order chi connectivity index (χ1) is 13.6. The minimum Gasteiger partial charge on any atom is -0.480 e. The number of amides is 2. The van der Waals surface area contributed by atoms with Crippen LogP contribution in [-0.4, -0.2) is 39.2 Å². The van der Waals surface area contributed by atoms with E-state index in [1.165, 1.54) is 0 Å². The molecule has 1 fully saturated rings. The summed E-state index contributed by atoms with van der Waals surface area (Å²) in [4.78, 5) is 34.8. The van der Waals surface area contributed by atoms with Gasteiger partial charge in [-0.1, -0.05) is 12.1 Å².